The van der Waals surface area contributed by atoms with Crippen LogP contribution in [0.25, 0.3) is 0 Å². The molecule has 0 spiro atoms. The van der Waals surface area contributed by atoms with Crippen LogP contribution >= 0.6 is 12.6 Å². The molecule has 0 radical (unpaired) electrons. The second kappa shape index (κ2) is 6.77. The summed E-state index contributed by atoms with van der Waals surface area (Å²) in [5.74, 6) is 2.40. The third-order valence-electron chi connectivity index (χ3n) is 2.82. The highest BCUT2D eigenvalue weighted by Gasteiger charge is 2.15. The SMILES string of the molecule is COc1ccc(C(CCS)N(C)C)cc1OC. The lowest BCUT2D eigenvalue weighted by molar-refractivity contribution is 0.291. The number of hydrogen-bond acceptors (Lipinski definition) is 4. The molecule has 0 saturated carbocycles. The maximum Gasteiger partial charge on any atom is 0.161 e. The summed E-state index contributed by atoms with van der Waals surface area (Å²) in [6, 6.07) is 6.42. The maximum absolute atomic E-state index is 5.32. The summed E-state index contributed by atoms with van der Waals surface area (Å²) < 4.78 is 10.6. The summed E-state index contributed by atoms with van der Waals surface area (Å²) in [5, 5.41) is 0. The van der Waals surface area contributed by atoms with Crippen LogP contribution in [0.5, 0.6) is 11.5 Å². The average Bonchev–Trinajstić information content (AvgIpc) is 2.34. The predicted octanol–water partition coefficient (Wildman–Crippen LogP) is 2.63. The molecule has 0 bridgehead atoms. The van der Waals surface area contributed by atoms with Crippen molar-refractivity contribution >= 4 is 12.6 Å². The fourth-order valence-corrected chi connectivity index (χ4v) is 2.15. The largest absolute Gasteiger partial charge is 0.493 e. The van der Waals surface area contributed by atoms with Gasteiger partial charge in [-0.05, 0) is 44.0 Å². The number of benzene rings is 1. The van der Waals surface area contributed by atoms with E-state index in [0.717, 1.165) is 23.7 Å². The fourth-order valence-electron chi connectivity index (χ4n) is 1.91. The lowest BCUT2D eigenvalue weighted by Gasteiger charge is -2.24. The Hall–Kier alpha value is -0.870. The molecule has 1 aromatic rings. The van der Waals surface area contributed by atoms with Crippen LogP contribution in [0.15, 0.2) is 18.2 Å². The average molecular weight is 255 g/mol. The number of rotatable bonds is 6. The zero-order chi connectivity index (χ0) is 12.8. The molecule has 96 valence electrons. The second-order valence-corrected chi connectivity index (χ2v) is 4.55. The quantitative estimate of drug-likeness (QED) is 0.790. The number of nitrogens with zero attached hydrogens (tertiary/aromatic N) is 1. The highest BCUT2D eigenvalue weighted by Crippen LogP contribution is 2.32. The van der Waals surface area contributed by atoms with Gasteiger partial charge in [0.1, 0.15) is 0 Å². The highest BCUT2D eigenvalue weighted by molar-refractivity contribution is 7.80. The molecule has 0 aliphatic rings. The molecule has 3 nitrogen and oxygen atoms in total. The van der Waals surface area contributed by atoms with Crippen LogP contribution in [0.2, 0.25) is 0 Å². The Labute approximate surface area is 109 Å². The molecule has 4 heteroatoms. The third kappa shape index (κ3) is 3.54. The minimum atomic E-state index is 0.354. The Kier molecular flexibility index (Phi) is 5.65. The van der Waals surface area contributed by atoms with E-state index < -0.39 is 0 Å². The van der Waals surface area contributed by atoms with E-state index in [1.165, 1.54) is 5.56 Å². The van der Waals surface area contributed by atoms with Crippen molar-refractivity contribution in [1.29, 1.82) is 0 Å². The molecule has 0 heterocycles. The van der Waals surface area contributed by atoms with Gasteiger partial charge in [0.2, 0.25) is 0 Å². The van der Waals surface area contributed by atoms with E-state index >= 15 is 0 Å². The van der Waals surface area contributed by atoms with Gasteiger partial charge in [0.15, 0.2) is 11.5 Å². The van der Waals surface area contributed by atoms with Crippen LogP contribution in [0.3, 0.4) is 0 Å². The topological polar surface area (TPSA) is 21.7 Å². The first kappa shape index (κ1) is 14.2. The second-order valence-electron chi connectivity index (χ2n) is 4.11. The van der Waals surface area contributed by atoms with E-state index in [-0.39, 0.29) is 0 Å². The Morgan fingerprint density at radius 3 is 2.29 bits per heavy atom. The summed E-state index contributed by atoms with van der Waals surface area (Å²) in [7, 11) is 7.45. The number of methoxy groups -OCH3 is 2. The smallest absolute Gasteiger partial charge is 0.161 e. The van der Waals surface area contributed by atoms with Gasteiger partial charge in [-0.3, -0.25) is 0 Å². The van der Waals surface area contributed by atoms with Crippen molar-refractivity contribution in [2.45, 2.75) is 12.5 Å². The Bertz CT molecular complexity index is 355. The minimum Gasteiger partial charge on any atom is -0.493 e. The summed E-state index contributed by atoms with van der Waals surface area (Å²) in [4.78, 5) is 2.19. The van der Waals surface area contributed by atoms with Crippen molar-refractivity contribution < 1.29 is 9.47 Å². The van der Waals surface area contributed by atoms with E-state index in [0.29, 0.717) is 6.04 Å². The highest BCUT2D eigenvalue weighted by atomic mass is 32.1. The zero-order valence-corrected chi connectivity index (χ0v) is 11.8. The van der Waals surface area contributed by atoms with E-state index in [2.05, 4.69) is 37.7 Å². The first-order valence-electron chi connectivity index (χ1n) is 5.63. The van der Waals surface area contributed by atoms with Gasteiger partial charge in [-0.15, -0.1) is 0 Å². The minimum absolute atomic E-state index is 0.354. The number of thiol groups is 1. The zero-order valence-electron chi connectivity index (χ0n) is 10.9. The van der Waals surface area contributed by atoms with Gasteiger partial charge in [-0.25, -0.2) is 0 Å². The molecule has 1 rings (SSSR count). The molecule has 0 fully saturated rings. The lowest BCUT2D eigenvalue weighted by Crippen LogP contribution is -2.20. The fraction of sp³-hybridized carbons (Fsp3) is 0.538. The summed E-state index contributed by atoms with van der Waals surface area (Å²) in [5.41, 5.74) is 1.22. The van der Waals surface area contributed by atoms with Crippen molar-refractivity contribution in [1.82, 2.24) is 4.90 Å². The molecule has 17 heavy (non-hydrogen) atoms. The lowest BCUT2D eigenvalue weighted by atomic mass is 10.0. The van der Waals surface area contributed by atoms with Gasteiger partial charge in [-0.2, -0.15) is 12.6 Å². The third-order valence-corrected chi connectivity index (χ3v) is 3.08. The van der Waals surface area contributed by atoms with Crippen LogP contribution in [0.4, 0.5) is 0 Å². The molecule has 1 atom stereocenters. The molecular weight excluding hydrogens is 234 g/mol. The van der Waals surface area contributed by atoms with Crippen LogP contribution in [-0.4, -0.2) is 39.0 Å². The molecule has 0 N–H and O–H groups in total. The molecular formula is C13H21NO2S. The molecule has 0 saturated heterocycles. The summed E-state index contributed by atoms with van der Waals surface area (Å²) >= 11 is 4.31. The molecule has 0 aliphatic carbocycles. The molecule has 0 aliphatic heterocycles. The van der Waals surface area contributed by atoms with Gasteiger partial charge < -0.3 is 14.4 Å². The van der Waals surface area contributed by atoms with Crippen molar-refractivity contribution in [3.05, 3.63) is 23.8 Å². The van der Waals surface area contributed by atoms with Gasteiger partial charge in [0, 0.05) is 6.04 Å². The van der Waals surface area contributed by atoms with Crippen molar-refractivity contribution in [3.63, 3.8) is 0 Å². The number of ether oxygens (including phenoxy) is 2. The van der Waals surface area contributed by atoms with Gasteiger partial charge >= 0.3 is 0 Å². The maximum atomic E-state index is 5.32. The predicted molar refractivity (Wildman–Crippen MR) is 74.4 cm³/mol. The monoisotopic (exact) mass is 255 g/mol. The van der Waals surface area contributed by atoms with Crippen molar-refractivity contribution in [3.8, 4) is 11.5 Å². The molecule has 1 unspecified atom stereocenters. The Balaban J connectivity index is 3.03. The van der Waals surface area contributed by atoms with Crippen LogP contribution in [-0.2, 0) is 0 Å². The van der Waals surface area contributed by atoms with Crippen molar-refractivity contribution in [2.24, 2.45) is 0 Å². The normalized spacial score (nSPS) is 12.6. The van der Waals surface area contributed by atoms with E-state index in [1.807, 2.05) is 12.1 Å². The molecule has 0 amide bonds. The Morgan fingerprint density at radius 2 is 1.82 bits per heavy atom. The summed E-state index contributed by atoms with van der Waals surface area (Å²) in [6.07, 6.45) is 1.01. The number of hydrogen-bond donors (Lipinski definition) is 1. The standard InChI is InChI=1S/C13H21NO2S/c1-14(2)11(7-8-17)10-5-6-12(15-3)13(9-10)16-4/h5-6,9,11,17H,7-8H2,1-4H3. The van der Waals surface area contributed by atoms with Crippen LogP contribution in [0.1, 0.15) is 18.0 Å². The molecule has 1 aromatic carbocycles. The first-order chi connectivity index (χ1) is 8.13. The van der Waals surface area contributed by atoms with Gasteiger partial charge in [0.25, 0.3) is 0 Å². The molecule has 0 aromatic heterocycles. The van der Waals surface area contributed by atoms with Crippen LogP contribution in [0, 0.1) is 0 Å². The van der Waals surface area contributed by atoms with Gasteiger partial charge in [-0.1, -0.05) is 6.07 Å². The van der Waals surface area contributed by atoms with E-state index in [4.69, 9.17) is 9.47 Å². The van der Waals surface area contributed by atoms with Crippen molar-refractivity contribution in [2.75, 3.05) is 34.1 Å². The first-order valence-corrected chi connectivity index (χ1v) is 6.26. The van der Waals surface area contributed by atoms with E-state index in [1.54, 1.807) is 14.2 Å². The Morgan fingerprint density at radius 1 is 1.18 bits per heavy atom. The van der Waals surface area contributed by atoms with Gasteiger partial charge in [0.05, 0.1) is 14.2 Å². The summed E-state index contributed by atoms with van der Waals surface area (Å²) in [6.45, 7) is 0. The van der Waals surface area contributed by atoms with Crippen LogP contribution < -0.4 is 9.47 Å². The van der Waals surface area contributed by atoms with E-state index in [9.17, 15) is 0 Å².